The van der Waals surface area contributed by atoms with Gasteiger partial charge in [-0.2, -0.15) is 13.2 Å². The Hall–Kier alpha value is -3.27. The van der Waals surface area contributed by atoms with E-state index in [1.165, 1.54) is 21.8 Å². The molecule has 204 valence electrons. The number of nitrogens with one attached hydrogen (secondary N) is 1. The van der Waals surface area contributed by atoms with Gasteiger partial charge in [0.1, 0.15) is 22.6 Å². The molecule has 1 aliphatic heterocycles. The molecule has 0 saturated carbocycles. The van der Waals surface area contributed by atoms with Crippen LogP contribution in [-0.2, 0) is 27.4 Å². The monoisotopic (exact) mass is 590 g/mol. The number of aryl methyl sites for hydroxylation is 1. The summed E-state index contributed by atoms with van der Waals surface area (Å²) in [5.41, 5.74) is 7.38. The van der Waals surface area contributed by atoms with Gasteiger partial charge in [-0.05, 0) is 60.2 Å². The van der Waals surface area contributed by atoms with Gasteiger partial charge < -0.3 is 20.3 Å². The number of aliphatic carboxylic acids is 1. The van der Waals surface area contributed by atoms with E-state index in [1.807, 2.05) is 13.0 Å². The van der Waals surface area contributed by atoms with Crippen molar-refractivity contribution in [3.05, 3.63) is 58.4 Å². The second kappa shape index (κ2) is 11.6. The molecule has 3 heterocycles. The fourth-order valence-electron chi connectivity index (χ4n) is 3.74. The summed E-state index contributed by atoms with van der Waals surface area (Å²) in [4.78, 5) is 27.7. The average Bonchev–Trinajstić information content (AvgIpc) is 3.34. The molecule has 16 heteroatoms. The van der Waals surface area contributed by atoms with Gasteiger partial charge in [0.25, 0.3) is 0 Å². The first-order chi connectivity index (χ1) is 17.7. The highest BCUT2D eigenvalue weighted by molar-refractivity contribution is 7.81. The maximum atomic E-state index is 13.1. The molecule has 1 unspecified atom stereocenters. The lowest BCUT2D eigenvalue weighted by Gasteiger charge is -2.30. The van der Waals surface area contributed by atoms with Crippen LogP contribution < -0.4 is 10.0 Å². The first-order valence-electron chi connectivity index (χ1n) is 10.7. The van der Waals surface area contributed by atoms with Crippen molar-refractivity contribution in [1.29, 1.82) is 5.41 Å². The van der Waals surface area contributed by atoms with E-state index in [9.17, 15) is 26.7 Å². The highest BCUT2D eigenvalue weighted by atomic mass is 35.5. The fourth-order valence-corrected chi connectivity index (χ4v) is 6.03. The zero-order valence-corrected chi connectivity index (χ0v) is 21.9. The van der Waals surface area contributed by atoms with E-state index in [0.717, 1.165) is 21.2 Å². The summed E-state index contributed by atoms with van der Waals surface area (Å²) in [7, 11) is 0. The summed E-state index contributed by atoms with van der Waals surface area (Å²) < 4.78 is 58.2. The van der Waals surface area contributed by atoms with Gasteiger partial charge in [-0.15, -0.1) is 11.3 Å². The number of likely N-dealkylation sites (tertiary alicyclic amines) is 1. The van der Waals surface area contributed by atoms with E-state index in [1.54, 1.807) is 29.2 Å². The zero-order valence-electron chi connectivity index (χ0n) is 19.5. The summed E-state index contributed by atoms with van der Waals surface area (Å²) in [5.74, 6) is -3.17. The molecule has 0 aliphatic carbocycles. The Morgan fingerprint density at radius 2 is 2.05 bits per heavy atom. The number of aromatic nitrogens is 1. The Balaban J connectivity index is 0.000000505. The SMILES string of the molecule is Cc1c(N([C@H]2CCN(Cc3ccnc(C(=N)N)c3)C2=O)S(=O)[O-])sc2ccc(Cl)cc12.O=C(O)C(F)(F)F. The molecule has 38 heavy (non-hydrogen) atoms. The molecule has 4 rings (SSSR count). The van der Waals surface area contributed by atoms with E-state index < -0.39 is 29.5 Å². The Morgan fingerprint density at radius 3 is 2.63 bits per heavy atom. The number of carboxylic acid groups (broad SMARTS) is 1. The fraction of sp³-hybridized carbons (Fsp3) is 0.273. The molecule has 1 aliphatic rings. The molecule has 4 N–H and O–H groups in total. The standard InChI is InChI=1S/C20H20ClN5O3S2.C2HF3O2/c1-11-14-9-13(21)2-3-17(14)30-20(11)26(31(28)29)16-5-7-25(19(16)27)10-12-4-6-24-15(8-12)18(22)23;3-2(4,5)1(6)7/h2-4,6,8-9,16H,5,7,10H2,1H3,(H3,22,23)(H,28,29);(H,6,7)/p-1/t16-;/m0./s1. The van der Waals surface area contributed by atoms with Crippen molar-refractivity contribution in [2.24, 2.45) is 5.73 Å². The third-order valence-electron chi connectivity index (χ3n) is 5.50. The molecular weight excluding hydrogens is 571 g/mol. The number of benzene rings is 1. The number of carbonyl (C=O) groups excluding carboxylic acids is 1. The first-order valence-corrected chi connectivity index (χ1v) is 12.9. The number of amidine groups is 1. The van der Waals surface area contributed by atoms with E-state index >= 15 is 0 Å². The number of nitrogens with zero attached hydrogens (tertiary/aromatic N) is 3. The van der Waals surface area contributed by atoms with Crippen molar-refractivity contribution in [3.8, 4) is 0 Å². The predicted octanol–water partition coefficient (Wildman–Crippen LogP) is 3.58. The summed E-state index contributed by atoms with van der Waals surface area (Å²) in [6.07, 6.45) is -3.17. The number of carbonyl (C=O) groups is 2. The molecule has 3 aromatic rings. The minimum absolute atomic E-state index is 0.152. The number of thiophene rings is 1. The van der Waals surface area contributed by atoms with Gasteiger partial charge in [0, 0.05) is 40.3 Å². The van der Waals surface area contributed by atoms with E-state index in [-0.39, 0.29) is 11.7 Å². The Labute approximate surface area is 225 Å². The van der Waals surface area contributed by atoms with Crippen molar-refractivity contribution in [1.82, 2.24) is 9.88 Å². The lowest BCUT2D eigenvalue weighted by Crippen LogP contribution is -2.42. The van der Waals surface area contributed by atoms with E-state index in [0.29, 0.717) is 35.2 Å². The second-order valence-electron chi connectivity index (χ2n) is 8.05. The maximum Gasteiger partial charge on any atom is 0.490 e. The summed E-state index contributed by atoms with van der Waals surface area (Å²) in [6, 6.07) is 8.01. The van der Waals surface area contributed by atoms with Crippen LogP contribution in [0.25, 0.3) is 10.1 Å². The van der Waals surface area contributed by atoms with Crippen molar-refractivity contribution in [2.75, 3.05) is 10.8 Å². The number of halogens is 4. The van der Waals surface area contributed by atoms with Gasteiger partial charge in [0.15, 0.2) is 0 Å². The zero-order chi connectivity index (χ0) is 28.4. The van der Waals surface area contributed by atoms with Crippen molar-refractivity contribution in [2.45, 2.75) is 32.1 Å². The highest BCUT2D eigenvalue weighted by Crippen LogP contribution is 2.41. The van der Waals surface area contributed by atoms with Crippen LogP contribution in [0.5, 0.6) is 0 Å². The van der Waals surface area contributed by atoms with Gasteiger partial charge in [-0.25, -0.2) is 4.79 Å². The smallest absolute Gasteiger partial charge is 0.490 e. The van der Waals surface area contributed by atoms with Crippen LogP contribution in [0.15, 0.2) is 36.5 Å². The maximum absolute atomic E-state index is 13.1. The van der Waals surface area contributed by atoms with Gasteiger partial charge in [-0.1, -0.05) is 11.6 Å². The number of nitrogens with two attached hydrogens (primary N) is 1. The molecule has 0 spiro atoms. The Bertz CT molecular complexity index is 1420. The van der Waals surface area contributed by atoms with Crippen LogP contribution in [0.2, 0.25) is 5.02 Å². The van der Waals surface area contributed by atoms with E-state index in [4.69, 9.17) is 32.6 Å². The number of hydrogen-bond donors (Lipinski definition) is 3. The minimum atomic E-state index is -5.08. The predicted molar refractivity (Wildman–Crippen MR) is 136 cm³/mol. The molecule has 0 bridgehead atoms. The van der Waals surface area contributed by atoms with Crippen LogP contribution in [-0.4, -0.2) is 60.2 Å². The highest BCUT2D eigenvalue weighted by Gasteiger charge is 2.39. The molecule has 10 nitrogen and oxygen atoms in total. The van der Waals surface area contributed by atoms with Crippen molar-refractivity contribution >= 4 is 67.0 Å². The number of alkyl halides is 3. The Morgan fingerprint density at radius 1 is 1.39 bits per heavy atom. The molecule has 0 radical (unpaired) electrons. The van der Waals surface area contributed by atoms with Gasteiger partial charge in [0.05, 0.1) is 0 Å². The van der Waals surface area contributed by atoms with Crippen LogP contribution in [0, 0.1) is 12.3 Å². The molecule has 2 aromatic heterocycles. The lowest BCUT2D eigenvalue weighted by molar-refractivity contribution is -0.192. The largest absolute Gasteiger partial charge is 0.755 e. The van der Waals surface area contributed by atoms with E-state index in [2.05, 4.69) is 4.98 Å². The van der Waals surface area contributed by atoms with Crippen LogP contribution in [0.4, 0.5) is 18.2 Å². The minimum Gasteiger partial charge on any atom is -0.755 e. The number of nitrogen functional groups attached to an aromatic ring is 1. The lowest BCUT2D eigenvalue weighted by atomic mass is 10.2. The summed E-state index contributed by atoms with van der Waals surface area (Å²) >= 11 is 4.81. The molecular formula is C22H20ClF3N5O5S2-. The number of carboxylic acids is 1. The van der Waals surface area contributed by atoms with Crippen molar-refractivity contribution in [3.63, 3.8) is 0 Å². The van der Waals surface area contributed by atoms with Crippen LogP contribution >= 0.6 is 22.9 Å². The number of rotatable bonds is 6. The molecule has 1 amide bonds. The third-order valence-corrected chi connectivity index (χ3v) is 7.88. The number of amides is 1. The molecule has 2 atom stereocenters. The van der Waals surface area contributed by atoms with Gasteiger partial charge in [-0.3, -0.25) is 23.7 Å². The van der Waals surface area contributed by atoms with Crippen molar-refractivity contribution < 1.29 is 36.6 Å². The second-order valence-corrected chi connectivity index (χ2v) is 10.3. The average molecular weight is 591 g/mol. The Kier molecular flexibility index (Phi) is 8.97. The number of pyridine rings is 1. The summed E-state index contributed by atoms with van der Waals surface area (Å²) in [5, 5.41) is 16.6. The van der Waals surface area contributed by atoms with Crippen LogP contribution in [0.1, 0.15) is 23.2 Å². The van der Waals surface area contributed by atoms with Crippen LogP contribution in [0.3, 0.4) is 0 Å². The van der Waals surface area contributed by atoms with Gasteiger partial charge >= 0.3 is 12.1 Å². The number of anilines is 1. The number of fused-ring (bicyclic) bond motifs is 1. The molecule has 1 fully saturated rings. The topological polar surface area (TPSA) is 164 Å². The summed E-state index contributed by atoms with van der Waals surface area (Å²) in [6.45, 7) is 2.55. The third kappa shape index (κ3) is 6.59. The van der Waals surface area contributed by atoms with Gasteiger partial charge in [0.2, 0.25) is 5.91 Å². The molecule has 1 aromatic carbocycles. The normalized spacial score (nSPS) is 16.2. The molecule has 1 saturated heterocycles. The first kappa shape index (κ1) is 29.3. The quantitative estimate of drug-likeness (QED) is 0.224. The number of hydrogen-bond acceptors (Lipinski definition) is 7.